The number of carboxylic acid groups (broad SMARTS) is 1. The van der Waals surface area contributed by atoms with E-state index in [2.05, 4.69) is 6.58 Å². The lowest BCUT2D eigenvalue weighted by Gasteiger charge is -2.20. The Labute approximate surface area is 84.8 Å². The molecule has 0 heterocycles. The highest BCUT2D eigenvalue weighted by Gasteiger charge is 2.06. The van der Waals surface area contributed by atoms with E-state index < -0.39 is 5.97 Å². The maximum atomic E-state index is 10.4. The number of nitrogens with zero attached hydrogens (tertiary/aromatic N) is 1. The Morgan fingerprint density at radius 2 is 2.07 bits per heavy atom. The van der Waals surface area contributed by atoms with Gasteiger partial charge in [0.1, 0.15) is 0 Å². The van der Waals surface area contributed by atoms with Gasteiger partial charge in [-0.25, -0.2) is 0 Å². The molecule has 0 amide bonds. The maximum Gasteiger partial charge on any atom is 0.304 e. The van der Waals surface area contributed by atoms with Gasteiger partial charge in [0.05, 0.1) is 6.42 Å². The number of carbonyl (C=O) groups is 1. The third-order valence-electron chi connectivity index (χ3n) is 1.77. The summed E-state index contributed by atoms with van der Waals surface area (Å²) in [5.41, 5.74) is 1.01. The monoisotopic (exact) mass is 201 g/mol. The molecular weight excluding hydrogens is 182 g/mol. The quantitative estimate of drug-likeness (QED) is 0.568. The fourth-order valence-corrected chi connectivity index (χ4v) is 1.20. The molecule has 0 saturated carbocycles. The van der Waals surface area contributed by atoms with Crippen LogP contribution in [0.3, 0.4) is 0 Å². The summed E-state index contributed by atoms with van der Waals surface area (Å²) in [6, 6.07) is 0. The molecule has 0 aliphatic heterocycles. The molecule has 4 nitrogen and oxygen atoms in total. The van der Waals surface area contributed by atoms with E-state index in [1.807, 2.05) is 11.8 Å². The molecule has 0 unspecified atom stereocenters. The summed E-state index contributed by atoms with van der Waals surface area (Å²) in [5, 5.41) is 17.2. The number of aliphatic hydroxyl groups excluding tert-OH is 1. The molecule has 0 fully saturated rings. The van der Waals surface area contributed by atoms with Crippen LogP contribution >= 0.6 is 0 Å². The van der Waals surface area contributed by atoms with Crippen LogP contribution in [0, 0.1) is 0 Å². The molecule has 0 aromatic carbocycles. The average Bonchev–Trinajstić information content (AvgIpc) is 2.09. The summed E-state index contributed by atoms with van der Waals surface area (Å²) in [6.45, 7) is 7.76. The molecule has 82 valence electrons. The normalized spacial score (nSPS) is 10.5. The molecule has 0 aromatic rings. The van der Waals surface area contributed by atoms with Crippen molar-refractivity contribution in [3.05, 3.63) is 12.2 Å². The van der Waals surface area contributed by atoms with Gasteiger partial charge in [-0.15, -0.1) is 0 Å². The SMILES string of the molecule is C=C(C)CN(CCCO)CCC(=O)O. The van der Waals surface area contributed by atoms with Crippen molar-refractivity contribution in [2.45, 2.75) is 19.8 Å². The lowest BCUT2D eigenvalue weighted by atomic mass is 10.2. The molecule has 14 heavy (non-hydrogen) atoms. The first-order chi connectivity index (χ1) is 6.56. The Morgan fingerprint density at radius 1 is 1.43 bits per heavy atom. The van der Waals surface area contributed by atoms with E-state index in [1.54, 1.807) is 0 Å². The first-order valence-electron chi connectivity index (χ1n) is 4.75. The molecule has 0 atom stereocenters. The number of rotatable bonds is 8. The van der Waals surface area contributed by atoms with Crippen LogP contribution in [0.2, 0.25) is 0 Å². The van der Waals surface area contributed by atoms with Crippen molar-refractivity contribution in [3.8, 4) is 0 Å². The van der Waals surface area contributed by atoms with Gasteiger partial charge < -0.3 is 10.2 Å². The topological polar surface area (TPSA) is 60.8 Å². The fraction of sp³-hybridized carbons (Fsp3) is 0.700. The average molecular weight is 201 g/mol. The largest absolute Gasteiger partial charge is 0.481 e. The van der Waals surface area contributed by atoms with Crippen molar-refractivity contribution in [3.63, 3.8) is 0 Å². The summed E-state index contributed by atoms with van der Waals surface area (Å²) in [5.74, 6) is -0.791. The van der Waals surface area contributed by atoms with Gasteiger partial charge in [0, 0.05) is 26.2 Å². The number of carboxylic acids is 1. The van der Waals surface area contributed by atoms with Crippen LogP contribution < -0.4 is 0 Å². The third kappa shape index (κ3) is 7.76. The maximum absolute atomic E-state index is 10.4. The molecule has 0 rings (SSSR count). The molecule has 0 bridgehead atoms. The van der Waals surface area contributed by atoms with E-state index in [9.17, 15) is 4.79 Å². The van der Waals surface area contributed by atoms with Crippen molar-refractivity contribution < 1.29 is 15.0 Å². The molecule has 0 aliphatic carbocycles. The molecular formula is C10H19NO3. The van der Waals surface area contributed by atoms with Crippen LogP contribution in [-0.2, 0) is 4.79 Å². The van der Waals surface area contributed by atoms with E-state index in [1.165, 1.54) is 0 Å². The van der Waals surface area contributed by atoms with Gasteiger partial charge in [-0.2, -0.15) is 0 Å². The van der Waals surface area contributed by atoms with Gasteiger partial charge in [0.15, 0.2) is 0 Å². The first-order valence-corrected chi connectivity index (χ1v) is 4.75. The molecule has 0 radical (unpaired) electrons. The molecule has 0 saturated heterocycles. The standard InChI is InChI=1S/C10H19NO3/c1-9(2)8-11(5-3-7-12)6-4-10(13)14/h12H,1,3-8H2,2H3,(H,13,14). The van der Waals surface area contributed by atoms with Crippen LogP contribution in [0.5, 0.6) is 0 Å². The van der Waals surface area contributed by atoms with Crippen LogP contribution in [0.4, 0.5) is 0 Å². The first kappa shape index (κ1) is 13.1. The Balaban J connectivity index is 3.83. The Kier molecular flexibility index (Phi) is 7.06. The number of aliphatic hydroxyl groups is 1. The second-order valence-corrected chi connectivity index (χ2v) is 3.45. The second-order valence-electron chi connectivity index (χ2n) is 3.45. The van der Waals surface area contributed by atoms with Crippen molar-refractivity contribution in [1.29, 1.82) is 0 Å². The van der Waals surface area contributed by atoms with Crippen molar-refractivity contribution >= 4 is 5.97 Å². The van der Waals surface area contributed by atoms with Gasteiger partial charge in [-0.1, -0.05) is 12.2 Å². The zero-order valence-electron chi connectivity index (χ0n) is 8.70. The lowest BCUT2D eigenvalue weighted by Crippen LogP contribution is -2.29. The van der Waals surface area contributed by atoms with Crippen LogP contribution in [0.1, 0.15) is 19.8 Å². The predicted octanol–water partition coefficient (Wildman–Crippen LogP) is 0.722. The van der Waals surface area contributed by atoms with Gasteiger partial charge >= 0.3 is 5.97 Å². The molecule has 0 spiro atoms. The minimum Gasteiger partial charge on any atom is -0.481 e. The highest BCUT2D eigenvalue weighted by atomic mass is 16.4. The summed E-state index contributed by atoms with van der Waals surface area (Å²) in [6.07, 6.45) is 0.811. The second kappa shape index (κ2) is 7.53. The van der Waals surface area contributed by atoms with E-state index in [0.29, 0.717) is 19.5 Å². The minimum atomic E-state index is -0.791. The number of hydrogen-bond acceptors (Lipinski definition) is 3. The lowest BCUT2D eigenvalue weighted by molar-refractivity contribution is -0.137. The third-order valence-corrected chi connectivity index (χ3v) is 1.77. The highest BCUT2D eigenvalue weighted by Crippen LogP contribution is 1.99. The van der Waals surface area contributed by atoms with Gasteiger partial charge in [0.2, 0.25) is 0 Å². The van der Waals surface area contributed by atoms with Crippen LogP contribution in [0.15, 0.2) is 12.2 Å². The van der Waals surface area contributed by atoms with Crippen LogP contribution in [-0.4, -0.2) is 47.3 Å². The minimum absolute atomic E-state index is 0.138. The van der Waals surface area contributed by atoms with Crippen molar-refractivity contribution in [1.82, 2.24) is 4.90 Å². The van der Waals surface area contributed by atoms with E-state index in [4.69, 9.17) is 10.2 Å². The van der Waals surface area contributed by atoms with E-state index in [-0.39, 0.29) is 13.0 Å². The van der Waals surface area contributed by atoms with Crippen LogP contribution in [0.25, 0.3) is 0 Å². The molecule has 0 aromatic heterocycles. The van der Waals surface area contributed by atoms with E-state index >= 15 is 0 Å². The van der Waals surface area contributed by atoms with Gasteiger partial charge in [0.25, 0.3) is 0 Å². The predicted molar refractivity (Wildman–Crippen MR) is 55.2 cm³/mol. The Bertz CT molecular complexity index is 192. The van der Waals surface area contributed by atoms with Crippen molar-refractivity contribution in [2.24, 2.45) is 0 Å². The summed E-state index contributed by atoms with van der Waals surface area (Å²) >= 11 is 0. The summed E-state index contributed by atoms with van der Waals surface area (Å²) in [4.78, 5) is 12.4. The summed E-state index contributed by atoms with van der Waals surface area (Å²) in [7, 11) is 0. The molecule has 4 heteroatoms. The zero-order chi connectivity index (χ0) is 11.0. The Morgan fingerprint density at radius 3 is 2.50 bits per heavy atom. The Hall–Kier alpha value is -0.870. The number of hydrogen-bond donors (Lipinski definition) is 2. The number of aliphatic carboxylic acids is 1. The van der Waals surface area contributed by atoms with E-state index in [0.717, 1.165) is 12.1 Å². The highest BCUT2D eigenvalue weighted by molar-refractivity contribution is 5.66. The zero-order valence-corrected chi connectivity index (χ0v) is 8.70. The fourth-order valence-electron chi connectivity index (χ4n) is 1.20. The molecule has 0 aliphatic rings. The molecule has 2 N–H and O–H groups in total. The van der Waals surface area contributed by atoms with Gasteiger partial charge in [-0.3, -0.25) is 9.69 Å². The van der Waals surface area contributed by atoms with Gasteiger partial charge in [-0.05, 0) is 13.3 Å². The smallest absolute Gasteiger partial charge is 0.304 e. The van der Waals surface area contributed by atoms with Crippen molar-refractivity contribution in [2.75, 3.05) is 26.2 Å². The summed E-state index contributed by atoms with van der Waals surface area (Å²) < 4.78 is 0.